The van der Waals surface area contributed by atoms with E-state index in [2.05, 4.69) is 9.47 Å². The van der Waals surface area contributed by atoms with Crippen LogP contribution in [0.5, 0.6) is 11.5 Å². The maximum absolute atomic E-state index is 13.2. The first-order valence-electron chi connectivity index (χ1n) is 4.71. The van der Waals surface area contributed by atoms with Crippen molar-refractivity contribution in [3.63, 3.8) is 0 Å². The summed E-state index contributed by atoms with van der Waals surface area (Å²) in [4.78, 5) is 0. The molecular weight excluding hydrogens is 342 g/mol. The van der Waals surface area contributed by atoms with Crippen LogP contribution < -0.4 is 9.47 Å². The van der Waals surface area contributed by atoms with Crippen LogP contribution in [0.3, 0.4) is 0 Å². The number of benzene rings is 1. The number of halogens is 10. The molecule has 0 saturated heterocycles. The highest BCUT2D eigenvalue weighted by atomic mass is 19.3. The van der Waals surface area contributed by atoms with Crippen molar-refractivity contribution in [2.75, 3.05) is 0 Å². The number of ether oxygens (including phenoxy) is 2. The molecule has 0 unspecified atom stereocenters. The Morgan fingerprint density at radius 1 is 0.500 bits per heavy atom. The molecule has 0 aliphatic rings. The molecule has 0 aliphatic heterocycles. The lowest BCUT2D eigenvalue weighted by Crippen LogP contribution is -2.06. The highest BCUT2D eigenvalue weighted by molar-refractivity contribution is 5.39. The van der Waals surface area contributed by atoms with E-state index < -0.39 is 59.0 Å². The predicted molar refractivity (Wildman–Crippen MR) is 48.2 cm³/mol. The minimum absolute atomic E-state index is 2.29. The Morgan fingerprint density at radius 2 is 0.727 bits per heavy atom. The standard InChI is InChI=1S/C10F10O2/c11-1-2(12)6(22-10(20)8(17)18)4(14)3(13)5(1)21-9(19)7(15)16. The molecule has 1 rings (SSSR count). The summed E-state index contributed by atoms with van der Waals surface area (Å²) in [6, 6.07) is -5.77. The molecule has 122 valence electrons. The van der Waals surface area contributed by atoms with Crippen molar-refractivity contribution in [1.29, 1.82) is 0 Å². The van der Waals surface area contributed by atoms with Crippen molar-refractivity contribution in [2.24, 2.45) is 0 Å². The van der Waals surface area contributed by atoms with Crippen molar-refractivity contribution >= 4 is 0 Å². The molecular formula is C10F10O2. The van der Waals surface area contributed by atoms with Gasteiger partial charge in [0.1, 0.15) is 0 Å². The van der Waals surface area contributed by atoms with Gasteiger partial charge in [0.05, 0.1) is 0 Å². The maximum atomic E-state index is 13.2. The van der Waals surface area contributed by atoms with Crippen LogP contribution >= 0.6 is 0 Å². The van der Waals surface area contributed by atoms with Crippen LogP contribution in [-0.2, 0) is 0 Å². The van der Waals surface area contributed by atoms with Gasteiger partial charge in [-0.05, 0) is 0 Å². The second-order valence-electron chi connectivity index (χ2n) is 3.19. The molecule has 2 nitrogen and oxygen atoms in total. The molecule has 0 heterocycles. The van der Waals surface area contributed by atoms with Crippen molar-refractivity contribution in [1.82, 2.24) is 0 Å². The van der Waals surface area contributed by atoms with E-state index in [1.54, 1.807) is 0 Å². The van der Waals surface area contributed by atoms with Crippen LogP contribution in [0.2, 0.25) is 0 Å². The number of rotatable bonds is 4. The molecule has 1 aromatic rings. The molecule has 0 atom stereocenters. The lowest BCUT2D eigenvalue weighted by molar-refractivity contribution is 0.205. The van der Waals surface area contributed by atoms with Crippen LogP contribution in [0.25, 0.3) is 0 Å². The molecule has 0 aliphatic carbocycles. The van der Waals surface area contributed by atoms with Crippen molar-refractivity contribution in [3.05, 3.63) is 47.5 Å². The van der Waals surface area contributed by atoms with E-state index in [9.17, 15) is 43.9 Å². The summed E-state index contributed by atoms with van der Waals surface area (Å²) in [6.07, 6.45) is -6.43. The lowest BCUT2D eigenvalue weighted by Gasteiger charge is -2.11. The second-order valence-corrected chi connectivity index (χ2v) is 3.19. The van der Waals surface area contributed by atoms with Gasteiger partial charge in [0.15, 0.2) is 0 Å². The maximum Gasteiger partial charge on any atom is 0.344 e. The van der Waals surface area contributed by atoms with Crippen LogP contribution in [0.4, 0.5) is 43.9 Å². The molecule has 0 N–H and O–H groups in total. The summed E-state index contributed by atoms with van der Waals surface area (Å²) >= 11 is 0. The summed E-state index contributed by atoms with van der Waals surface area (Å²) in [5, 5.41) is 0. The molecule has 0 aromatic heterocycles. The summed E-state index contributed by atoms with van der Waals surface area (Å²) in [5.41, 5.74) is 0. The van der Waals surface area contributed by atoms with E-state index in [1.807, 2.05) is 0 Å². The van der Waals surface area contributed by atoms with E-state index in [-0.39, 0.29) is 0 Å². The Labute approximate surface area is 113 Å². The van der Waals surface area contributed by atoms with Gasteiger partial charge in [-0.15, -0.1) is 0 Å². The zero-order valence-electron chi connectivity index (χ0n) is 9.60. The van der Waals surface area contributed by atoms with Crippen LogP contribution in [0.1, 0.15) is 0 Å². The molecule has 0 spiro atoms. The normalized spacial score (nSPS) is 10.3. The Balaban J connectivity index is 3.45. The minimum atomic E-state index is -3.21. The zero-order chi connectivity index (χ0) is 17.2. The lowest BCUT2D eigenvalue weighted by atomic mass is 10.2. The topological polar surface area (TPSA) is 18.5 Å². The fourth-order valence-corrected chi connectivity index (χ4v) is 1.03. The van der Waals surface area contributed by atoms with Crippen LogP contribution in [0, 0.1) is 23.3 Å². The van der Waals surface area contributed by atoms with Gasteiger partial charge < -0.3 is 9.47 Å². The quantitative estimate of drug-likeness (QED) is 0.432. The highest BCUT2D eigenvalue weighted by Gasteiger charge is 2.31. The SMILES string of the molecule is FC(F)=C(F)Oc1c(F)c(F)c(OC(F)=C(F)F)c(F)c1F. The number of hydrogen-bond donors (Lipinski definition) is 0. The zero-order valence-corrected chi connectivity index (χ0v) is 9.60. The molecule has 0 saturated carbocycles. The van der Waals surface area contributed by atoms with E-state index in [1.165, 1.54) is 0 Å². The molecule has 0 bridgehead atoms. The first-order chi connectivity index (χ1) is 10.1. The Hall–Kier alpha value is -2.40. The van der Waals surface area contributed by atoms with Crippen molar-refractivity contribution in [3.8, 4) is 11.5 Å². The third kappa shape index (κ3) is 3.43. The van der Waals surface area contributed by atoms with Gasteiger partial charge in [0, 0.05) is 0 Å². The van der Waals surface area contributed by atoms with Gasteiger partial charge in [-0.2, -0.15) is 43.9 Å². The third-order valence-electron chi connectivity index (χ3n) is 1.86. The molecule has 0 amide bonds. The highest BCUT2D eigenvalue weighted by Crippen LogP contribution is 2.37. The second kappa shape index (κ2) is 6.58. The van der Waals surface area contributed by atoms with Crippen LogP contribution in [0.15, 0.2) is 24.2 Å². The molecule has 22 heavy (non-hydrogen) atoms. The van der Waals surface area contributed by atoms with Gasteiger partial charge in [-0.3, -0.25) is 0 Å². The molecule has 0 radical (unpaired) electrons. The van der Waals surface area contributed by atoms with E-state index in [0.717, 1.165) is 0 Å². The van der Waals surface area contributed by atoms with Crippen LogP contribution in [-0.4, -0.2) is 0 Å². The van der Waals surface area contributed by atoms with E-state index >= 15 is 0 Å². The fourth-order valence-electron chi connectivity index (χ4n) is 1.03. The third-order valence-corrected chi connectivity index (χ3v) is 1.86. The first-order valence-corrected chi connectivity index (χ1v) is 4.71. The molecule has 12 heteroatoms. The summed E-state index contributed by atoms with van der Waals surface area (Å²) in [5.74, 6) is -15.1. The fraction of sp³-hybridized carbons (Fsp3) is 0. The summed E-state index contributed by atoms with van der Waals surface area (Å²) < 4.78 is 131. The van der Waals surface area contributed by atoms with Gasteiger partial charge in [-0.25, -0.2) is 0 Å². The number of hydrogen-bond acceptors (Lipinski definition) is 2. The average Bonchev–Trinajstić information content (AvgIpc) is 2.45. The van der Waals surface area contributed by atoms with Crippen molar-refractivity contribution in [2.45, 2.75) is 0 Å². The molecule has 0 fully saturated rings. The molecule has 1 aromatic carbocycles. The van der Waals surface area contributed by atoms with Gasteiger partial charge in [0.25, 0.3) is 0 Å². The Bertz CT molecular complexity index is 572. The largest absolute Gasteiger partial charge is 0.421 e. The van der Waals surface area contributed by atoms with Gasteiger partial charge in [-0.1, -0.05) is 0 Å². The minimum Gasteiger partial charge on any atom is -0.421 e. The van der Waals surface area contributed by atoms with Crippen molar-refractivity contribution < 1.29 is 53.4 Å². The van der Waals surface area contributed by atoms with Gasteiger partial charge >= 0.3 is 24.2 Å². The average molecular weight is 342 g/mol. The smallest absolute Gasteiger partial charge is 0.344 e. The Morgan fingerprint density at radius 3 is 0.909 bits per heavy atom. The monoisotopic (exact) mass is 342 g/mol. The summed E-state index contributed by atoms with van der Waals surface area (Å²) in [6.45, 7) is 0. The Kier molecular flexibility index (Phi) is 5.28. The van der Waals surface area contributed by atoms with E-state index in [0.29, 0.717) is 0 Å². The van der Waals surface area contributed by atoms with Gasteiger partial charge in [0.2, 0.25) is 34.8 Å². The summed E-state index contributed by atoms with van der Waals surface area (Å²) in [7, 11) is 0. The van der Waals surface area contributed by atoms with E-state index in [4.69, 9.17) is 0 Å². The predicted octanol–water partition coefficient (Wildman–Crippen LogP) is 5.07. The first kappa shape index (κ1) is 17.7.